The van der Waals surface area contributed by atoms with Crippen molar-refractivity contribution < 1.29 is 29.1 Å². The first-order chi connectivity index (χ1) is 23.1. The van der Waals surface area contributed by atoms with E-state index in [2.05, 4.69) is 91.7 Å². The molecule has 0 radical (unpaired) electrons. The molecule has 10 heteroatoms. The topological polar surface area (TPSA) is 90.0 Å². The highest BCUT2D eigenvalue weighted by Gasteiger charge is 2.40. The molecule has 3 aromatic carbocycles. The van der Waals surface area contributed by atoms with Crippen LogP contribution in [0.25, 0.3) is 10.8 Å². The summed E-state index contributed by atoms with van der Waals surface area (Å²) < 4.78 is 30.1. The van der Waals surface area contributed by atoms with Crippen molar-refractivity contribution in [3.8, 4) is 0 Å². The van der Waals surface area contributed by atoms with Crippen molar-refractivity contribution in [2.45, 2.75) is 81.1 Å². The van der Waals surface area contributed by atoms with Gasteiger partial charge in [0.2, 0.25) is 6.41 Å². The van der Waals surface area contributed by atoms with Gasteiger partial charge in [-0.2, -0.15) is 0 Å². The minimum absolute atomic E-state index is 0. The van der Waals surface area contributed by atoms with Crippen molar-refractivity contribution in [3.05, 3.63) is 103 Å². The summed E-state index contributed by atoms with van der Waals surface area (Å²) in [4.78, 5) is 30.4. The molecule has 0 unspecified atom stereocenters. The van der Waals surface area contributed by atoms with E-state index in [0.717, 1.165) is 0 Å². The molecule has 0 saturated carbocycles. The number of carbonyl (C=O) groups excluding carboxylic acids is 2. The number of aromatic nitrogens is 1. The molecule has 4 aromatic rings. The Bertz CT molecular complexity index is 1600. The number of morpholine rings is 1. The van der Waals surface area contributed by atoms with Gasteiger partial charge in [0.25, 0.3) is 0 Å². The summed E-state index contributed by atoms with van der Waals surface area (Å²) >= 11 is 0. The number of hydrogen-bond donors (Lipinski definition) is 1. The van der Waals surface area contributed by atoms with Crippen molar-refractivity contribution in [1.82, 2.24) is 15.2 Å². The normalized spacial score (nSPS) is 14.0. The summed E-state index contributed by atoms with van der Waals surface area (Å²) in [5.41, 5.74) is -0.383. The lowest BCUT2D eigenvalue weighted by Crippen LogP contribution is -2.43. The van der Waals surface area contributed by atoms with E-state index in [4.69, 9.17) is 13.7 Å². The number of rotatable bonds is 6. The SMILES string of the molecule is CC(C)(C)OC(=O)N1CCOCC1.CC(C)(NC=O)c1ncc(F)c2ccccc12.COS(c1ccccc1)(c1ccccc1)C(C)(C)C.[HH]. The predicted molar refractivity (Wildman–Crippen MR) is 198 cm³/mol. The van der Waals surface area contributed by atoms with E-state index in [9.17, 15) is 14.0 Å². The molecule has 5 rings (SSSR count). The molecule has 0 atom stereocenters. The van der Waals surface area contributed by atoms with Gasteiger partial charge in [0.1, 0.15) is 11.4 Å². The summed E-state index contributed by atoms with van der Waals surface area (Å²) in [6.07, 6.45) is 1.57. The maximum atomic E-state index is 13.6. The number of benzene rings is 3. The lowest BCUT2D eigenvalue weighted by molar-refractivity contribution is -0.111. The lowest BCUT2D eigenvalue weighted by Gasteiger charge is -2.49. The van der Waals surface area contributed by atoms with Crippen LogP contribution in [-0.4, -0.2) is 66.1 Å². The Morgan fingerprint density at radius 1 is 0.857 bits per heavy atom. The molecule has 1 aromatic heterocycles. The minimum Gasteiger partial charge on any atom is -0.444 e. The second-order valence-corrected chi connectivity index (χ2v) is 17.5. The van der Waals surface area contributed by atoms with Crippen LogP contribution in [0, 0.1) is 5.82 Å². The van der Waals surface area contributed by atoms with Crippen LogP contribution in [0.2, 0.25) is 0 Å². The Labute approximate surface area is 294 Å². The van der Waals surface area contributed by atoms with Gasteiger partial charge in [-0.25, -0.2) is 9.18 Å². The van der Waals surface area contributed by atoms with Gasteiger partial charge in [-0.1, -0.05) is 71.0 Å². The van der Waals surface area contributed by atoms with Gasteiger partial charge in [-0.15, -0.1) is 0 Å². The average molecular weight is 696 g/mol. The highest BCUT2D eigenvalue weighted by Crippen LogP contribution is 2.70. The highest BCUT2D eigenvalue weighted by atomic mass is 32.3. The fraction of sp³-hybridized carbons (Fsp3) is 0.410. The zero-order valence-electron chi connectivity index (χ0n) is 30.3. The number of halogens is 1. The predicted octanol–water partition coefficient (Wildman–Crippen LogP) is 9.12. The van der Waals surface area contributed by atoms with Crippen molar-refractivity contribution in [1.29, 1.82) is 0 Å². The standard InChI is InChI=1S/C17H22OS.C13H13FN2O.C9H17NO3.H2/c1-17(2,3)19(18-4,15-11-7-5-8-12-15)16-13-9-6-10-14-16;1-13(2,16-8-17)12-10-6-4-3-5-9(10)11(14)7-15-12;1-9(2,3)13-8(11)10-4-6-12-7-5-10;/h5-14H,1-4H3;3-8H,1-2H3,(H,16,17);4-7H2,1-3H3;1H. The fourth-order valence-corrected chi connectivity index (χ4v) is 9.11. The quantitative estimate of drug-likeness (QED) is 0.203. The Balaban J connectivity index is 0.000000262. The molecule has 2 amide bonds. The summed E-state index contributed by atoms with van der Waals surface area (Å²) in [5.74, 6) is -0.355. The molecule has 1 fully saturated rings. The molecule has 1 aliphatic heterocycles. The van der Waals surface area contributed by atoms with Gasteiger partial charge in [0, 0.05) is 46.9 Å². The van der Waals surface area contributed by atoms with Gasteiger partial charge >= 0.3 is 6.09 Å². The third kappa shape index (κ3) is 10.3. The second-order valence-electron chi connectivity index (χ2n) is 13.9. The molecule has 2 heterocycles. The van der Waals surface area contributed by atoms with Crippen molar-refractivity contribution >= 4 is 33.6 Å². The molecule has 0 bridgehead atoms. The number of hydrogen-bond acceptors (Lipinski definition) is 6. The van der Waals surface area contributed by atoms with Crippen LogP contribution in [0.3, 0.4) is 0 Å². The molecule has 0 spiro atoms. The van der Waals surface area contributed by atoms with Crippen LogP contribution in [0.5, 0.6) is 0 Å². The van der Waals surface area contributed by atoms with Gasteiger partial charge in [0.15, 0.2) is 0 Å². The molecular weight excluding hydrogens is 642 g/mol. The van der Waals surface area contributed by atoms with E-state index < -0.39 is 21.4 Å². The number of pyridine rings is 1. The third-order valence-electron chi connectivity index (χ3n) is 7.68. The number of nitrogens with one attached hydrogen (secondary N) is 1. The molecule has 1 N–H and O–H groups in total. The largest absolute Gasteiger partial charge is 0.444 e. The summed E-state index contributed by atoms with van der Waals surface area (Å²) in [7, 11) is 0.326. The fourth-order valence-electron chi connectivity index (χ4n) is 5.45. The Morgan fingerprint density at radius 3 is 1.80 bits per heavy atom. The van der Waals surface area contributed by atoms with Crippen LogP contribution in [0.4, 0.5) is 9.18 Å². The summed E-state index contributed by atoms with van der Waals surface area (Å²) in [6, 6.07) is 28.3. The number of fused-ring (bicyclic) bond motifs is 1. The van der Waals surface area contributed by atoms with Crippen molar-refractivity contribution in [2.75, 3.05) is 33.4 Å². The van der Waals surface area contributed by atoms with Crippen LogP contribution in [-0.2, 0) is 24.0 Å². The Hall–Kier alpha value is -3.99. The second kappa shape index (κ2) is 17.1. The minimum atomic E-state index is -1.51. The first-order valence-corrected chi connectivity index (χ1v) is 17.9. The zero-order chi connectivity index (χ0) is 36.3. The first kappa shape index (κ1) is 39.4. The summed E-state index contributed by atoms with van der Waals surface area (Å²) in [5, 5.41) is 3.91. The van der Waals surface area contributed by atoms with E-state index in [1.54, 1.807) is 23.1 Å². The van der Waals surface area contributed by atoms with Crippen molar-refractivity contribution in [2.24, 2.45) is 0 Å². The molecule has 268 valence electrons. The zero-order valence-corrected chi connectivity index (χ0v) is 31.1. The van der Waals surface area contributed by atoms with Gasteiger partial charge in [0.05, 0.1) is 30.6 Å². The lowest BCUT2D eigenvalue weighted by atomic mass is 9.95. The van der Waals surface area contributed by atoms with Gasteiger partial charge in [-0.05, 0) is 79.7 Å². The van der Waals surface area contributed by atoms with Crippen LogP contribution in [0.1, 0.15) is 62.5 Å². The van der Waals surface area contributed by atoms with Crippen LogP contribution < -0.4 is 5.32 Å². The van der Waals surface area contributed by atoms with E-state index in [0.29, 0.717) is 49.2 Å². The number of ether oxygens (including phenoxy) is 2. The molecule has 1 saturated heterocycles. The third-order valence-corrected chi connectivity index (χ3v) is 11.8. The van der Waals surface area contributed by atoms with Crippen molar-refractivity contribution in [3.63, 3.8) is 0 Å². The Morgan fingerprint density at radius 2 is 1.35 bits per heavy atom. The van der Waals surface area contributed by atoms with Gasteiger partial charge in [-0.3, -0.25) is 9.78 Å². The summed E-state index contributed by atoms with van der Waals surface area (Å²) in [6.45, 7) is 18.5. The molecule has 1 aliphatic rings. The monoisotopic (exact) mass is 695 g/mol. The molecule has 49 heavy (non-hydrogen) atoms. The molecule has 0 aliphatic carbocycles. The van der Waals surface area contributed by atoms with Crippen LogP contribution in [0.15, 0.2) is 101 Å². The number of carbonyl (C=O) groups is 2. The van der Waals surface area contributed by atoms with Gasteiger partial charge < -0.3 is 23.9 Å². The maximum absolute atomic E-state index is 13.6. The first-order valence-electron chi connectivity index (χ1n) is 16.4. The van der Waals surface area contributed by atoms with E-state index >= 15 is 0 Å². The Kier molecular flexibility index (Phi) is 13.8. The number of amides is 2. The highest BCUT2D eigenvalue weighted by molar-refractivity contribution is 8.31. The van der Waals surface area contributed by atoms with E-state index in [1.165, 1.54) is 16.0 Å². The smallest absolute Gasteiger partial charge is 0.410 e. The number of nitrogens with zero attached hydrogens (tertiary/aromatic N) is 2. The van der Waals surface area contributed by atoms with Crippen LogP contribution >= 0.6 is 10.3 Å². The van der Waals surface area contributed by atoms with E-state index in [1.807, 2.05) is 47.8 Å². The molecule has 8 nitrogen and oxygen atoms in total. The maximum Gasteiger partial charge on any atom is 0.410 e. The van der Waals surface area contributed by atoms with E-state index in [-0.39, 0.29) is 18.1 Å². The molecular formula is C39H54FN3O5S. The average Bonchev–Trinajstić information content (AvgIpc) is 3.06.